The van der Waals surface area contributed by atoms with Crippen molar-refractivity contribution in [3.05, 3.63) is 69.4 Å². The molecular formula is C28H31ClFN7O. The molecule has 0 bridgehead atoms. The van der Waals surface area contributed by atoms with Crippen molar-refractivity contribution < 1.29 is 4.39 Å². The Morgan fingerprint density at radius 1 is 1.18 bits per heavy atom. The molecule has 0 amide bonds. The first-order valence-corrected chi connectivity index (χ1v) is 13.3. The zero-order chi connectivity index (χ0) is 27.1. The van der Waals surface area contributed by atoms with Crippen LogP contribution in [-0.2, 0) is 6.42 Å². The van der Waals surface area contributed by atoms with Gasteiger partial charge in [0.15, 0.2) is 5.65 Å². The summed E-state index contributed by atoms with van der Waals surface area (Å²) in [6, 6.07) is 8.36. The number of fused-ring (bicyclic) bond motifs is 1. The number of piperazine rings is 1. The first kappa shape index (κ1) is 26.2. The highest BCUT2D eigenvalue weighted by Gasteiger charge is 2.29. The number of benzene rings is 1. The quantitative estimate of drug-likeness (QED) is 0.388. The molecule has 0 radical (unpaired) electrons. The molecule has 10 heteroatoms. The third kappa shape index (κ3) is 4.54. The van der Waals surface area contributed by atoms with Crippen LogP contribution in [0.5, 0.6) is 0 Å². The molecule has 198 valence electrons. The number of aromatic nitrogens is 5. The van der Waals surface area contributed by atoms with E-state index in [1.165, 1.54) is 17.0 Å². The molecule has 1 aliphatic heterocycles. The molecule has 1 N–H and O–H groups in total. The lowest BCUT2D eigenvalue weighted by molar-refractivity contribution is 0.423. The molecule has 0 aliphatic carbocycles. The first-order valence-electron chi connectivity index (χ1n) is 12.9. The van der Waals surface area contributed by atoms with Crippen molar-refractivity contribution in [2.75, 3.05) is 18.0 Å². The highest BCUT2D eigenvalue weighted by molar-refractivity contribution is 6.33. The molecule has 0 unspecified atom stereocenters. The monoisotopic (exact) mass is 535 g/mol. The van der Waals surface area contributed by atoms with E-state index in [0.717, 1.165) is 6.54 Å². The third-order valence-corrected chi connectivity index (χ3v) is 7.29. The van der Waals surface area contributed by atoms with Gasteiger partial charge in [-0.25, -0.2) is 28.7 Å². The van der Waals surface area contributed by atoms with Crippen LogP contribution >= 0.6 is 11.6 Å². The molecule has 0 spiro atoms. The van der Waals surface area contributed by atoms with Crippen LogP contribution in [0.15, 0.2) is 41.5 Å². The molecule has 4 heterocycles. The summed E-state index contributed by atoms with van der Waals surface area (Å²) in [7, 11) is 0. The van der Waals surface area contributed by atoms with Crippen LogP contribution in [-0.4, -0.2) is 49.7 Å². The second-order valence-electron chi connectivity index (χ2n) is 10.1. The standard InChI is InChI=1S/C28H31ClFN7O/c1-6-22-25(23(15(2)3)33-14-32-22)37-27-19(11-20(29)24(34-27)18-9-7-8-10-21(18)30)26(35-28(37)38)36-13-16(4)31-12-17(36)5/h7-11,14-17,31H,6,12-13H2,1-5H3/t16-,17+/m1/s1. The Bertz CT molecular complexity index is 1570. The third-order valence-electron chi connectivity index (χ3n) is 7.00. The summed E-state index contributed by atoms with van der Waals surface area (Å²) in [6.45, 7) is 11.6. The molecule has 1 aromatic carbocycles. The lowest BCUT2D eigenvalue weighted by Gasteiger charge is -2.38. The van der Waals surface area contributed by atoms with Gasteiger partial charge in [-0.05, 0) is 44.4 Å². The molecule has 1 saturated heterocycles. The van der Waals surface area contributed by atoms with Crippen LogP contribution in [0.2, 0.25) is 5.02 Å². The average molecular weight is 536 g/mol. The van der Waals surface area contributed by atoms with Gasteiger partial charge in [-0.2, -0.15) is 4.98 Å². The van der Waals surface area contributed by atoms with E-state index in [1.807, 2.05) is 20.8 Å². The molecular weight excluding hydrogens is 505 g/mol. The summed E-state index contributed by atoms with van der Waals surface area (Å²) in [5, 5.41) is 4.34. The molecule has 38 heavy (non-hydrogen) atoms. The molecule has 5 rings (SSSR count). The second kappa shape index (κ2) is 10.4. The summed E-state index contributed by atoms with van der Waals surface area (Å²) in [4.78, 5) is 34.5. The van der Waals surface area contributed by atoms with Crippen molar-refractivity contribution in [2.24, 2.45) is 0 Å². The van der Waals surface area contributed by atoms with E-state index in [0.29, 0.717) is 46.9 Å². The van der Waals surface area contributed by atoms with E-state index in [2.05, 4.69) is 39.0 Å². The zero-order valence-electron chi connectivity index (χ0n) is 22.2. The predicted molar refractivity (Wildman–Crippen MR) is 149 cm³/mol. The minimum absolute atomic E-state index is 0.00676. The van der Waals surface area contributed by atoms with Crippen LogP contribution in [0.3, 0.4) is 0 Å². The van der Waals surface area contributed by atoms with Crippen molar-refractivity contribution in [2.45, 2.75) is 59.0 Å². The normalized spacial score (nSPS) is 17.9. The SMILES string of the molecule is CCc1ncnc(C(C)C)c1-n1c(=O)nc(N2C[C@@H](C)NC[C@@H]2C)c2cc(Cl)c(-c3ccccc3F)nc21. The molecule has 1 aliphatic rings. The zero-order valence-corrected chi connectivity index (χ0v) is 22.9. The van der Waals surface area contributed by atoms with Gasteiger partial charge in [-0.1, -0.05) is 44.5 Å². The Morgan fingerprint density at radius 2 is 1.95 bits per heavy atom. The summed E-state index contributed by atoms with van der Waals surface area (Å²) >= 11 is 6.76. The maximum Gasteiger partial charge on any atom is 0.355 e. The Labute approximate surface area is 225 Å². The number of aryl methyl sites for hydroxylation is 1. The summed E-state index contributed by atoms with van der Waals surface area (Å²) < 4.78 is 16.4. The van der Waals surface area contributed by atoms with E-state index < -0.39 is 11.5 Å². The summed E-state index contributed by atoms with van der Waals surface area (Å²) in [6.07, 6.45) is 2.10. The summed E-state index contributed by atoms with van der Waals surface area (Å²) in [5.74, 6) is 0.0685. The van der Waals surface area contributed by atoms with Crippen molar-refractivity contribution >= 4 is 28.5 Å². The van der Waals surface area contributed by atoms with Gasteiger partial charge in [0.1, 0.15) is 18.0 Å². The topological polar surface area (TPSA) is 88.8 Å². The molecule has 0 saturated carbocycles. The highest BCUT2D eigenvalue weighted by Crippen LogP contribution is 2.36. The van der Waals surface area contributed by atoms with Gasteiger partial charge < -0.3 is 10.2 Å². The minimum Gasteiger partial charge on any atom is -0.350 e. The number of halogens is 2. The van der Waals surface area contributed by atoms with E-state index in [4.69, 9.17) is 16.6 Å². The first-order chi connectivity index (χ1) is 18.2. The Morgan fingerprint density at radius 3 is 2.66 bits per heavy atom. The fourth-order valence-electron chi connectivity index (χ4n) is 5.04. The number of rotatable bonds is 5. The van der Waals surface area contributed by atoms with Gasteiger partial charge in [-0.15, -0.1) is 0 Å². The van der Waals surface area contributed by atoms with Crippen LogP contribution in [0.4, 0.5) is 10.2 Å². The van der Waals surface area contributed by atoms with E-state index in [9.17, 15) is 9.18 Å². The van der Waals surface area contributed by atoms with Gasteiger partial charge >= 0.3 is 5.69 Å². The van der Waals surface area contributed by atoms with Crippen LogP contribution < -0.4 is 15.9 Å². The number of anilines is 1. The number of nitrogens with zero attached hydrogens (tertiary/aromatic N) is 6. The fourth-order valence-corrected chi connectivity index (χ4v) is 5.29. The van der Waals surface area contributed by atoms with Crippen molar-refractivity contribution in [1.29, 1.82) is 0 Å². The molecule has 1 fully saturated rings. The Kier molecular flexibility index (Phi) is 7.15. The van der Waals surface area contributed by atoms with Crippen LogP contribution in [0, 0.1) is 5.82 Å². The molecule has 8 nitrogen and oxygen atoms in total. The number of hydrogen-bond acceptors (Lipinski definition) is 7. The van der Waals surface area contributed by atoms with E-state index in [1.54, 1.807) is 24.3 Å². The Balaban J connectivity index is 1.91. The lowest BCUT2D eigenvalue weighted by atomic mass is 10.1. The van der Waals surface area contributed by atoms with E-state index >= 15 is 0 Å². The Hall–Kier alpha value is -3.43. The maximum absolute atomic E-state index is 14.9. The average Bonchev–Trinajstić information content (AvgIpc) is 2.89. The fraction of sp³-hybridized carbons (Fsp3) is 0.393. The van der Waals surface area contributed by atoms with Crippen LogP contribution in [0.25, 0.3) is 28.0 Å². The molecule has 3 aromatic heterocycles. The largest absolute Gasteiger partial charge is 0.355 e. The smallest absolute Gasteiger partial charge is 0.350 e. The second-order valence-corrected chi connectivity index (χ2v) is 10.5. The number of nitrogens with one attached hydrogen (secondary N) is 1. The van der Waals surface area contributed by atoms with Gasteiger partial charge in [0.2, 0.25) is 0 Å². The van der Waals surface area contributed by atoms with Gasteiger partial charge in [0.25, 0.3) is 0 Å². The molecule has 4 aromatic rings. The van der Waals surface area contributed by atoms with E-state index in [-0.39, 0.29) is 34.3 Å². The lowest BCUT2D eigenvalue weighted by Crippen LogP contribution is -2.55. The van der Waals surface area contributed by atoms with Gasteiger partial charge in [0.05, 0.1) is 33.2 Å². The molecule has 2 atom stereocenters. The minimum atomic E-state index is -0.494. The number of hydrogen-bond donors (Lipinski definition) is 1. The summed E-state index contributed by atoms with van der Waals surface area (Å²) in [5.41, 5.74) is 2.34. The van der Waals surface area contributed by atoms with Crippen molar-refractivity contribution in [3.8, 4) is 16.9 Å². The predicted octanol–water partition coefficient (Wildman–Crippen LogP) is 4.90. The van der Waals surface area contributed by atoms with Crippen molar-refractivity contribution in [3.63, 3.8) is 0 Å². The van der Waals surface area contributed by atoms with Crippen LogP contribution in [0.1, 0.15) is 51.9 Å². The maximum atomic E-state index is 14.9. The number of pyridine rings is 1. The highest BCUT2D eigenvalue weighted by atomic mass is 35.5. The van der Waals surface area contributed by atoms with Gasteiger partial charge in [-0.3, -0.25) is 0 Å². The van der Waals surface area contributed by atoms with Crippen molar-refractivity contribution in [1.82, 2.24) is 29.8 Å². The van der Waals surface area contributed by atoms with Gasteiger partial charge in [0, 0.05) is 30.7 Å².